The summed E-state index contributed by atoms with van der Waals surface area (Å²) < 4.78 is 5.33. The van der Waals surface area contributed by atoms with Crippen molar-refractivity contribution >= 4 is 5.91 Å². The number of amides is 1. The topological polar surface area (TPSA) is 59.2 Å². The molecule has 0 unspecified atom stereocenters. The second-order valence-corrected chi connectivity index (χ2v) is 5.46. The molecule has 2 heterocycles. The Morgan fingerprint density at radius 3 is 2.81 bits per heavy atom. The van der Waals surface area contributed by atoms with Gasteiger partial charge in [-0.3, -0.25) is 4.79 Å². The lowest BCUT2D eigenvalue weighted by molar-refractivity contribution is -0.136. The largest absolute Gasteiger partial charge is 0.341 e. The molecule has 3 rings (SSSR count). The molecule has 110 valence electrons. The van der Waals surface area contributed by atoms with Gasteiger partial charge in [-0.2, -0.15) is 4.98 Å². The van der Waals surface area contributed by atoms with E-state index in [1.54, 1.807) is 0 Å². The van der Waals surface area contributed by atoms with E-state index in [0.717, 1.165) is 6.42 Å². The molecule has 1 aliphatic heterocycles. The maximum Gasteiger partial charge on any atom is 0.233 e. The number of nitrogens with zero attached hydrogens (tertiary/aromatic N) is 3. The van der Waals surface area contributed by atoms with Gasteiger partial charge in [-0.25, -0.2) is 0 Å². The second-order valence-electron chi connectivity index (χ2n) is 5.46. The van der Waals surface area contributed by atoms with Crippen molar-refractivity contribution < 1.29 is 9.32 Å². The first kappa shape index (κ1) is 13.8. The van der Waals surface area contributed by atoms with Gasteiger partial charge in [0.15, 0.2) is 5.82 Å². The minimum absolute atomic E-state index is 0.197. The highest BCUT2D eigenvalue weighted by atomic mass is 16.5. The van der Waals surface area contributed by atoms with Crippen LogP contribution in [0.5, 0.6) is 0 Å². The minimum atomic E-state index is 0.197. The number of rotatable bonds is 5. The fourth-order valence-electron chi connectivity index (χ4n) is 2.49. The Hall–Kier alpha value is -2.17. The summed E-state index contributed by atoms with van der Waals surface area (Å²) in [4.78, 5) is 18.0. The lowest BCUT2D eigenvalue weighted by atomic mass is 9.99. The van der Waals surface area contributed by atoms with E-state index in [-0.39, 0.29) is 11.8 Å². The zero-order valence-electron chi connectivity index (χ0n) is 12.2. The number of carbonyl (C=O) groups is 1. The van der Waals surface area contributed by atoms with Crippen molar-refractivity contribution in [2.45, 2.75) is 32.1 Å². The molecule has 5 nitrogen and oxygen atoms in total. The fourth-order valence-corrected chi connectivity index (χ4v) is 2.49. The monoisotopic (exact) mass is 285 g/mol. The number of hydrogen-bond acceptors (Lipinski definition) is 4. The van der Waals surface area contributed by atoms with Gasteiger partial charge in [-0.1, -0.05) is 42.4 Å². The summed E-state index contributed by atoms with van der Waals surface area (Å²) in [6, 6.07) is 10.1. The van der Waals surface area contributed by atoms with Crippen LogP contribution in [-0.4, -0.2) is 34.0 Å². The quantitative estimate of drug-likeness (QED) is 0.846. The summed E-state index contributed by atoms with van der Waals surface area (Å²) in [5.74, 6) is 1.77. The van der Waals surface area contributed by atoms with Crippen LogP contribution in [0.2, 0.25) is 0 Å². The number of carbonyl (C=O) groups excluding carboxylic acids is 1. The Kier molecular flexibility index (Phi) is 3.99. The predicted octanol–water partition coefficient (Wildman–Crippen LogP) is 2.39. The van der Waals surface area contributed by atoms with Crippen LogP contribution in [0, 0.1) is 0 Å². The summed E-state index contributed by atoms with van der Waals surface area (Å²) in [6.07, 6.45) is 2.19. The van der Waals surface area contributed by atoms with E-state index < -0.39 is 0 Å². The summed E-state index contributed by atoms with van der Waals surface area (Å²) in [7, 11) is 0. The van der Waals surface area contributed by atoms with Crippen LogP contribution in [0.25, 0.3) is 0 Å². The van der Waals surface area contributed by atoms with Crippen LogP contribution < -0.4 is 0 Å². The van der Waals surface area contributed by atoms with E-state index >= 15 is 0 Å². The molecule has 0 atom stereocenters. The summed E-state index contributed by atoms with van der Waals surface area (Å²) in [5, 5.41) is 4.03. The summed E-state index contributed by atoms with van der Waals surface area (Å²) >= 11 is 0. The fraction of sp³-hybridized carbons (Fsp3) is 0.438. The first-order valence-corrected chi connectivity index (χ1v) is 7.40. The van der Waals surface area contributed by atoms with Gasteiger partial charge in [0, 0.05) is 25.9 Å². The third-order valence-corrected chi connectivity index (χ3v) is 3.74. The van der Waals surface area contributed by atoms with Crippen molar-refractivity contribution in [3.8, 4) is 0 Å². The second kappa shape index (κ2) is 6.08. The van der Waals surface area contributed by atoms with E-state index in [0.29, 0.717) is 37.6 Å². The van der Waals surface area contributed by atoms with Crippen molar-refractivity contribution in [3.05, 3.63) is 47.6 Å². The maximum absolute atomic E-state index is 11.7. The third kappa shape index (κ3) is 3.12. The van der Waals surface area contributed by atoms with Gasteiger partial charge in [0.25, 0.3) is 0 Å². The first-order chi connectivity index (χ1) is 10.3. The molecule has 0 bridgehead atoms. The number of likely N-dealkylation sites (tertiary alicyclic amines) is 1. The number of benzene rings is 1. The molecule has 1 fully saturated rings. The number of aromatic nitrogens is 2. The molecule has 1 amide bonds. The van der Waals surface area contributed by atoms with Crippen molar-refractivity contribution in [1.82, 2.24) is 15.0 Å². The molecule has 0 saturated carbocycles. The van der Waals surface area contributed by atoms with E-state index in [2.05, 4.69) is 10.1 Å². The maximum atomic E-state index is 11.7. The van der Waals surface area contributed by atoms with Crippen molar-refractivity contribution in [2.24, 2.45) is 0 Å². The Morgan fingerprint density at radius 2 is 2.10 bits per heavy atom. The van der Waals surface area contributed by atoms with Gasteiger partial charge in [0.1, 0.15) is 0 Å². The summed E-state index contributed by atoms with van der Waals surface area (Å²) in [6.45, 7) is 3.42. The van der Waals surface area contributed by atoms with Gasteiger partial charge in [-0.05, 0) is 12.0 Å². The van der Waals surface area contributed by atoms with Gasteiger partial charge in [0.2, 0.25) is 11.8 Å². The van der Waals surface area contributed by atoms with E-state index in [1.807, 2.05) is 42.2 Å². The van der Waals surface area contributed by atoms with E-state index in [9.17, 15) is 4.79 Å². The Morgan fingerprint density at radius 1 is 1.33 bits per heavy atom. The predicted molar refractivity (Wildman–Crippen MR) is 77.8 cm³/mol. The van der Waals surface area contributed by atoms with Gasteiger partial charge < -0.3 is 9.42 Å². The Labute approximate surface area is 124 Å². The van der Waals surface area contributed by atoms with Crippen LogP contribution in [0.15, 0.2) is 34.9 Å². The molecule has 1 aliphatic rings. The van der Waals surface area contributed by atoms with Crippen LogP contribution in [0.4, 0.5) is 0 Å². The average molecular weight is 285 g/mol. The summed E-state index contributed by atoms with van der Waals surface area (Å²) in [5.41, 5.74) is 1.17. The average Bonchev–Trinajstić information content (AvgIpc) is 2.87. The molecule has 0 N–H and O–H groups in total. The van der Waals surface area contributed by atoms with E-state index in [4.69, 9.17) is 4.52 Å². The first-order valence-electron chi connectivity index (χ1n) is 7.40. The molecule has 21 heavy (non-hydrogen) atoms. The third-order valence-electron chi connectivity index (χ3n) is 3.74. The lowest BCUT2D eigenvalue weighted by Gasteiger charge is -2.37. The molecule has 1 aromatic carbocycles. The van der Waals surface area contributed by atoms with Crippen molar-refractivity contribution in [3.63, 3.8) is 0 Å². The molecule has 1 saturated heterocycles. The van der Waals surface area contributed by atoms with Crippen LogP contribution in [-0.2, 0) is 11.2 Å². The van der Waals surface area contributed by atoms with Crippen LogP contribution >= 0.6 is 0 Å². The van der Waals surface area contributed by atoms with Crippen LogP contribution in [0.3, 0.4) is 0 Å². The smallest absolute Gasteiger partial charge is 0.233 e. The van der Waals surface area contributed by atoms with Crippen LogP contribution in [0.1, 0.15) is 43.0 Å². The molecule has 0 radical (unpaired) electrons. The highest BCUT2D eigenvalue weighted by Crippen LogP contribution is 2.26. The molecule has 1 aromatic heterocycles. The van der Waals surface area contributed by atoms with Gasteiger partial charge >= 0.3 is 0 Å². The molecule has 0 aliphatic carbocycles. The zero-order valence-corrected chi connectivity index (χ0v) is 12.2. The Bertz CT molecular complexity index is 603. The molecular formula is C16H19N3O2. The van der Waals surface area contributed by atoms with Crippen molar-refractivity contribution in [1.29, 1.82) is 0 Å². The normalized spacial score (nSPS) is 15.0. The highest BCUT2D eigenvalue weighted by Gasteiger charge is 2.34. The van der Waals surface area contributed by atoms with Crippen molar-refractivity contribution in [2.75, 3.05) is 13.1 Å². The van der Waals surface area contributed by atoms with Gasteiger partial charge in [-0.15, -0.1) is 0 Å². The minimum Gasteiger partial charge on any atom is -0.341 e. The number of hydrogen-bond donors (Lipinski definition) is 0. The molecule has 0 spiro atoms. The standard InChI is InChI=1S/C16H19N3O2/c1-2-6-15(20)19-10-13(11-19)16-17-14(18-21-16)9-12-7-4-3-5-8-12/h3-5,7-8,13H,2,6,9-11H2,1H3. The molecular weight excluding hydrogens is 266 g/mol. The zero-order chi connectivity index (χ0) is 14.7. The van der Waals surface area contributed by atoms with Gasteiger partial charge in [0.05, 0.1) is 5.92 Å². The lowest BCUT2D eigenvalue weighted by Crippen LogP contribution is -2.48. The highest BCUT2D eigenvalue weighted by molar-refractivity contribution is 5.77. The molecule has 2 aromatic rings. The molecule has 5 heteroatoms. The SMILES string of the molecule is CCCC(=O)N1CC(c2nc(Cc3ccccc3)no2)C1. The Balaban J connectivity index is 1.56. The van der Waals surface area contributed by atoms with E-state index in [1.165, 1.54) is 5.56 Å².